The minimum atomic E-state index is -0.0271. The number of nitrogens with one attached hydrogen (secondary N) is 4. The Morgan fingerprint density at radius 3 is 0.923 bits per heavy atom. The van der Waals surface area contributed by atoms with Gasteiger partial charge in [-0.05, 0) is 103 Å². The normalized spacial score (nSPS) is 11.7. The number of hydrogen-bond donors (Lipinski definition) is 4. The van der Waals surface area contributed by atoms with Gasteiger partial charge in [0.25, 0.3) is 0 Å². The van der Waals surface area contributed by atoms with Crippen LogP contribution in [0.3, 0.4) is 0 Å². The maximum atomic E-state index is 12.1. The highest BCUT2D eigenvalue weighted by atomic mass is 16.2. The van der Waals surface area contributed by atoms with Gasteiger partial charge in [0.05, 0.1) is 0 Å². The van der Waals surface area contributed by atoms with Gasteiger partial charge in [0, 0.05) is 25.9 Å². The van der Waals surface area contributed by atoms with E-state index in [-0.39, 0.29) is 24.7 Å². The van der Waals surface area contributed by atoms with Crippen LogP contribution in [0.15, 0.2) is 24.3 Å². The molecule has 0 aromatic carbocycles. The van der Waals surface area contributed by atoms with Crippen molar-refractivity contribution in [3.05, 3.63) is 24.3 Å². The van der Waals surface area contributed by atoms with Crippen molar-refractivity contribution in [1.82, 2.24) is 21.3 Å². The minimum Gasteiger partial charge on any atom is -0.356 e. The second-order valence-electron chi connectivity index (χ2n) is 15.3. The molecule has 6 heteroatoms. The van der Waals surface area contributed by atoms with Crippen LogP contribution in [0.4, 0.5) is 0 Å². The van der Waals surface area contributed by atoms with Crippen molar-refractivity contribution < 1.29 is 9.59 Å². The van der Waals surface area contributed by atoms with E-state index in [0.717, 1.165) is 39.0 Å². The molecule has 0 bridgehead atoms. The second-order valence-corrected chi connectivity index (χ2v) is 15.3. The monoisotopic (exact) mass is 731 g/mol. The molecule has 0 atom stereocenters. The van der Waals surface area contributed by atoms with E-state index in [2.05, 4.69) is 59.4 Å². The molecule has 0 unspecified atom stereocenters. The van der Waals surface area contributed by atoms with E-state index < -0.39 is 0 Å². The first-order chi connectivity index (χ1) is 25.7. The molecule has 0 fully saturated rings. The largest absolute Gasteiger partial charge is 0.356 e. The summed E-state index contributed by atoms with van der Waals surface area (Å²) < 4.78 is 0. The zero-order valence-electron chi connectivity index (χ0n) is 35.0. The molecule has 0 aromatic rings. The minimum absolute atomic E-state index is 0.0271. The summed E-state index contributed by atoms with van der Waals surface area (Å²) in [6, 6.07) is 0. The number of carbonyl (C=O) groups excluding carboxylic acids is 2. The average molecular weight is 731 g/mol. The zero-order valence-corrected chi connectivity index (χ0v) is 35.0. The Hall–Kier alpha value is -1.66. The highest BCUT2D eigenvalue weighted by molar-refractivity contribution is 5.83. The first-order valence-electron chi connectivity index (χ1n) is 23.0. The molecular formula is C46H90N4O2. The molecule has 0 aliphatic carbocycles. The molecule has 0 spiro atoms. The van der Waals surface area contributed by atoms with E-state index in [1.54, 1.807) is 0 Å². The Morgan fingerprint density at radius 1 is 0.327 bits per heavy atom. The molecule has 4 N–H and O–H groups in total. The number of hydrogen-bond acceptors (Lipinski definition) is 4. The molecule has 0 saturated heterocycles. The fraction of sp³-hybridized carbons (Fsp3) is 0.870. The zero-order chi connectivity index (χ0) is 37.7. The number of carbonyl (C=O) groups is 2. The van der Waals surface area contributed by atoms with E-state index in [1.165, 1.54) is 180 Å². The van der Waals surface area contributed by atoms with Crippen LogP contribution >= 0.6 is 0 Å². The molecule has 0 rings (SSSR count). The Kier molecular flexibility index (Phi) is 44.0. The van der Waals surface area contributed by atoms with E-state index in [4.69, 9.17) is 0 Å². The van der Waals surface area contributed by atoms with Gasteiger partial charge in [0.1, 0.15) is 0 Å². The van der Waals surface area contributed by atoms with Gasteiger partial charge in [0.15, 0.2) is 0 Å². The lowest BCUT2D eigenvalue weighted by Crippen LogP contribution is -2.31. The summed E-state index contributed by atoms with van der Waals surface area (Å²) in [4.78, 5) is 24.2. The van der Waals surface area contributed by atoms with Crippen molar-refractivity contribution in [3.8, 4) is 0 Å². The second kappa shape index (κ2) is 45.5. The fourth-order valence-electron chi connectivity index (χ4n) is 6.53. The molecule has 0 aliphatic heterocycles. The lowest BCUT2D eigenvalue weighted by Gasteiger charge is -2.08. The molecule has 0 saturated carbocycles. The van der Waals surface area contributed by atoms with Gasteiger partial charge in [-0.1, -0.05) is 154 Å². The van der Waals surface area contributed by atoms with Crippen LogP contribution in [-0.4, -0.2) is 51.1 Å². The van der Waals surface area contributed by atoms with E-state index in [1.807, 2.05) is 0 Å². The van der Waals surface area contributed by atoms with Crippen LogP contribution in [0, 0.1) is 0 Å². The molecule has 0 heterocycles. The number of rotatable bonds is 43. The third kappa shape index (κ3) is 44.5. The van der Waals surface area contributed by atoms with Crippen LogP contribution in [0.1, 0.15) is 219 Å². The van der Waals surface area contributed by atoms with E-state index in [9.17, 15) is 9.59 Å². The SMILES string of the molecule is CCCCCCCC/C=C\CCCCCCCCNCCCNC(=O)CCC(=O)NCCCNCCCCCCCC/C=C\CCCCCCCC. The standard InChI is InChI=1S/C46H90N4O2/c1-3-5-7-9-11-13-15-17-19-21-23-25-27-29-31-33-39-47-41-35-43-49-45(51)37-38-46(52)50-44-36-42-48-40-34-32-30-28-26-24-22-20-18-16-14-12-10-8-6-4-2/h17-20,47-48H,3-16,21-44H2,1-2H3,(H,49,51)(H,50,52)/b19-17-,20-18-. The molecule has 0 aromatic heterocycles. The van der Waals surface area contributed by atoms with Gasteiger partial charge in [-0.25, -0.2) is 0 Å². The van der Waals surface area contributed by atoms with Crippen LogP contribution < -0.4 is 21.3 Å². The quantitative estimate of drug-likeness (QED) is 0.0372. The van der Waals surface area contributed by atoms with Gasteiger partial charge in [-0.15, -0.1) is 0 Å². The van der Waals surface area contributed by atoms with Gasteiger partial charge in [-0.2, -0.15) is 0 Å². The lowest BCUT2D eigenvalue weighted by atomic mass is 10.1. The average Bonchev–Trinajstić information content (AvgIpc) is 3.15. The topological polar surface area (TPSA) is 82.3 Å². The van der Waals surface area contributed by atoms with Crippen LogP contribution in [0.2, 0.25) is 0 Å². The van der Waals surface area contributed by atoms with Gasteiger partial charge >= 0.3 is 0 Å². The van der Waals surface area contributed by atoms with Gasteiger partial charge < -0.3 is 21.3 Å². The van der Waals surface area contributed by atoms with E-state index in [0.29, 0.717) is 13.1 Å². The Morgan fingerprint density at radius 2 is 0.596 bits per heavy atom. The summed E-state index contributed by atoms with van der Waals surface area (Å²) >= 11 is 0. The lowest BCUT2D eigenvalue weighted by molar-refractivity contribution is -0.126. The third-order valence-corrected chi connectivity index (χ3v) is 10.0. The van der Waals surface area contributed by atoms with Crippen molar-refractivity contribution >= 4 is 11.8 Å². The van der Waals surface area contributed by atoms with Crippen LogP contribution in [0.25, 0.3) is 0 Å². The summed E-state index contributed by atoms with van der Waals surface area (Å²) in [5.41, 5.74) is 0. The first-order valence-corrected chi connectivity index (χ1v) is 23.0. The predicted molar refractivity (Wildman–Crippen MR) is 229 cm³/mol. The highest BCUT2D eigenvalue weighted by Crippen LogP contribution is 2.11. The number of allylic oxidation sites excluding steroid dienone is 4. The maximum Gasteiger partial charge on any atom is 0.220 e. The molecule has 306 valence electrons. The summed E-state index contributed by atoms with van der Waals surface area (Å²) in [5, 5.41) is 12.9. The summed E-state index contributed by atoms with van der Waals surface area (Å²) in [5.74, 6) is -0.0542. The fourth-order valence-corrected chi connectivity index (χ4v) is 6.53. The van der Waals surface area contributed by atoms with Gasteiger partial charge in [0.2, 0.25) is 11.8 Å². The van der Waals surface area contributed by atoms with Crippen molar-refractivity contribution in [2.75, 3.05) is 39.3 Å². The maximum absolute atomic E-state index is 12.1. The first kappa shape index (κ1) is 50.3. The van der Waals surface area contributed by atoms with Crippen molar-refractivity contribution in [2.24, 2.45) is 0 Å². The third-order valence-electron chi connectivity index (χ3n) is 10.0. The summed E-state index contributed by atoms with van der Waals surface area (Å²) in [6.07, 6.45) is 49.4. The Labute approximate surface area is 324 Å². The van der Waals surface area contributed by atoms with E-state index >= 15 is 0 Å². The number of amides is 2. The van der Waals surface area contributed by atoms with Crippen LogP contribution in [-0.2, 0) is 9.59 Å². The smallest absolute Gasteiger partial charge is 0.220 e. The number of unbranched alkanes of at least 4 members (excludes halogenated alkanes) is 24. The Balaban J connectivity index is 3.29. The summed E-state index contributed by atoms with van der Waals surface area (Å²) in [7, 11) is 0. The molecule has 6 nitrogen and oxygen atoms in total. The molecule has 2 amide bonds. The van der Waals surface area contributed by atoms with Crippen LogP contribution in [0.5, 0.6) is 0 Å². The van der Waals surface area contributed by atoms with Crippen molar-refractivity contribution in [1.29, 1.82) is 0 Å². The highest BCUT2D eigenvalue weighted by Gasteiger charge is 2.06. The molecular weight excluding hydrogens is 641 g/mol. The molecule has 0 radical (unpaired) electrons. The van der Waals surface area contributed by atoms with Gasteiger partial charge in [-0.3, -0.25) is 9.59 Å². The Bertz CT molecular complexity index is 720. The summed E-state index contributed by atoms with van der Waals surface area (Å²) in [6.45, 7) is 9.87. The molecule has 0 aliphatic rings. The molecule has 52 heavy (non-hydrogen) atoms. The predicted octanol–water partition coefficient (Wildman–Crippen LogP) is 12.0. The van der Waals surface area contributed by atoms with Crippen molar-refractivity contribution in [2.45, 2.75) is 219 Å². The van der Waals surface area contributed by atoms with Crippen molar-refractivity contribution in [3.63, 3.8) is 0 Å².